The zero-order valence-corrected chi connectivity index (χ0v) is 9.78. The third-order valence-electron chi connectivity index (χ3n) is 2.90. The summed E-state index contributed by atoms with van der Waals surface area (Å²) >= 11 is 5.54. The molecule has 1 rings (SSSR count). The van der Waals surface area contributed by atoms with Gasteiger partial charge in [0.15, 0.2) is 0 Å². The lowest BCUT2D eigenvalue weighted by Crippen LogP contribution is -2.48. The molecule has 0 radical (unpaired) electrons. The molecule has 15 heavy (non-hydrogen) atoms. The number of hydrogen-bond acceptors (Lipinski definition) is 1. The van der Waals surface area contributed by atoms with Crippen LogP contribution in [0.5, 0.6) is 0 Å². The topological polar surface area (TPSA) is 29.1 Å². The summed E-state index contributed by atoms with van der Waals surface area (Å²) in [4.78, 5) is 11.6. The van der Waals surface area contributed by atoms with Crippen LogP contribution in [0.4, 0.5) is 0 Å². The van der Waals surface area contributed by atoms with Crippen molar-refractivity contribution in [3.63, 3.8) is 0 Å². The fourth-order valence-electron chi connectivity index (χ4n) is 2.02. The van der Waals surface area contributed by atoms with Crippen molar-refractivity contribution in [1.29, 1.82) is 0 Å². The molecule has 0 aliphatic heterocycles. The highest BCUT2D eigenvalue weighted by atomic mass is 35.5. The summed E-state index contributed by atoms with van der Waals surface area (Å²) in [5.74, 6) is 3.32. The summed E-state index contributed by atoms with van der Waals surface area (Å²) in [6.07, 6.45) is 12.0. The maximum absolute atomic E-state index is 11.6. The Kier molecular flexibility index (Phi) is 4.98. The number of carbonyl (C=O) groups is 1. The molecule has 0 aromatic rings. The number of nitrogens with one attached hydrogen (secondary N) is 1. The number of carbonyl (C=O) groups excluding carboxylic acids is 1. The van der Waals surface area contributed by atoms with Crippen LogP contribution in [0.25, 0.3) is 0 Å². The summed E-state index contributed by atoms with van der Waals surface area (Å²) in [5, 5.41) is 2.98. The summed E-state index contributed by atoms with van der Waals surface area (Å²) < 4.78 is 0. The van der Waals surface area contributed by atoms with E-state index in [4.69, 9.17) is 18.0 Å². The van der Waals surface area contributed by atoms with Crippen molar-refractivity contribution in [2.24, 2.45) is 0 Å². The molecule has 1 aliphatic rings. The van der Waals surface area contributed by atoms with Crippen LogP contribution < -0.4 is 5.32 Å². The highest BCUT2D eigenvalue weighted by molar-refractivity contribution is 6.17. The molecule has 0 atom stereocenters. The smallest absolute Gasteiger partial charge is 0.221 e. The van der Waals surface area contributed by atoms with E-state index in [9.17, 15) is 4.79 Å². The van der Waals surface area contributed by atoms with E-state index in [1.54, 1.807) is 0 Å². The van der Waals surface area contributed by atoms with Gasteiger partial charge in [-0.2, -0.15) is 0 Å². The van der Waals surface area contributed by atoms with Gasteiger partial charge in [0.25, 0.3) is 0 Å². The van der Waals surface area contributed by atoms with Crippen LogP contribution in [0.15, 0.2) is 0 Å². The number of alkyl halides is 1. The number of rotatable bonds is 4. The fraction of sp³-hybridized carbons (Fsp3) is 0.750. The van der Waals surface area contributed by atoms with Gasteiger partial charge in [-0.05, 0) is 19.3 Å². The van der Waals surface area contributed by atoms with Crippen LogP contribution in [-0.4, -0.2) is 17.3 Å². The number of amides is 1. The van der Waals surface area contributed by atoms with E-state index in [1.165, 1.54) is 6.42 Å². The molecular weight excluding hydrogens is 210 g/mol. The molecule has 3 heteroatoms. The minimum atomic E-state index is -0.373. The van der Waals surface area contributed by atoms with Gasteiger partial charge in [0.1, 0.15) is 5.54 Å². The maximum atomic E-state index is 11.6. The van der Waals surface area contributed by atoms with E-state index in [0.29, 0.717) is 18.7 Å². The summed E-state index contributed by atoms with van der Waals surface area (Å²) in [5.41, 5.74) is -0.373. The normalized spacial score (nSPS) is 19.2. The molecule has 1 saturated carbocycles. The van der Waals surface area contributed by atoms with E-state index in [0.717, 1.165) is 25.7 Å². The molecule has 1 fully saturated rings. The molecule has 0 spiro atoms. The molecule has 2 nitrogen and oxygen atoms in total. The quantitative estimate of drug-likeness (QED) is 0.580. The Morgan fingerprint density at radius 1 is 1.40 bits per heavy atom. The van der Waals surface area contributed by atoms with Gasteiger partial charge >= 0.3 is 0 Å². The Balaban J connectivity index is 2.45. The predicted octanol–water partition coefficient (Wildman–Crippen LogP) is 2.46. The summed E-state index contributed by atoms with van der Waals surface area (Å²) in [7, 11) is 0. The highest BCUT2D eigenvalue weighted by Gasteiger charge is 2.30. The third-order valence-corrected chi connectivity index (χ3v) is 3.17. The number of terminal acetylenes is 1. The van der Waals surface area contributed by atoms with Crippen molar-refractivity contribution in [1.82, 2.24) is 5.32 Å². The molecule has 0 aromatic heterocycles. The second kappa shape index (κ2) is 6.02. The number of halogens is 1. The molecule has 0 bridgehead atoms. The first-order chi connectivity index (χ1) is 7.22. The van der Waals surface area contributed by atoms with Gasteiger partial charge in [-0.25, -0.2) is 0 Å². The molecule has 1 N–H and O–H groups in total. The van der Waals surface area contributed by atoms with Crippen molar-refractivity contribution < 1.29 is 4.79 Å². The van der Waals surface area contributed by atoms with Crippen molar-refractivity contribution in [3.05, 3.63) is 0 Å². The van der Waals surface area contributed by atoms with Crippen molar-refractivity contribution in [2.45, 2.75) is 50.5 Å². The van der Waals surface area contributed by atoms with Gasteiger partial charge in [-0.1, -0.05) is 25.2 Å². The van der Waals surface area contributed by atoms with Crippen LogP contribution >= 0.6 is 11.6 Å². The molecule has 1 amide bonds. The van der Waals surface area contributed by atoms with Gasteiger partial charge < -0.3 is 5.32 Å². The van der Waals surface area contributed by atoms with E-state index in [2.05, 4.69) is 11.2 Å². The van der Waals surface area contributed by atoms with Crippen LogP contribution in [0.1, 0.15) is 44.9 Å². The van der Waals surface area contributed by atoms with Crippen LogP contribution in [0.3, 0.4) is 0 Å². The maximum Gasteiger partial charge on any atom is 0.221 e. The SMILES string of the molecule is C#CC1(NC(=O)CCCCl)CCCCC1. The zero-order chi connectivity index (χ0) is 11.1. The predicted molar refractivity (Wildman–Crippen MR) is 62.7 cm³/mol. The van der Waals surface area contributed by atoms with Gasteiger partial charge in [-0.15, -0.1) is 18.0 Å². The van der Waals surface area contributed by atoms with Gasteiger partial charge in [0.05, 0.1) is 0 Å². The Morgan fingerprint density at radius 2 is 2.07 bits per heavy atom. The van der Waals surface area contributed by atoms with E-state index in [-0.39, 0.29) is 11.4 Å². The second-order valence-electron chi connectivity index (χ2n) is 4.13. The third kappa shape index (κ3) is 3.76. The molecule has 0 aromatic carbocycles. The lowest BCUT2D eigenvalue weighted by atomic mass is 9.82. The Morgan fingerprint density at radius 3 is 2.60 bits per heavy atom. The molecule has 0 unspecified atom stereocenters. The lowest BCUT2D eigenvalue weighted by Gasteiger charge is -2.33. The van der Waals surface area contributed by atoms with E-state index < -0.39 is 0 Å². The van der Waals surface area contributed by atoms with Gasteiger partial charge in [0, 0.05) is 12.3 Å². The van der Waals surface area contributed by atoms with Crippen molar-refractivity contribution in [2.75, 3.05) is 5.88 Å². The molecule has 84 valence electrons. The lowest BCUT2D eigenvalue weighted by molar-refractivity contribution is -0.122. The average Bonchev–Trinajstić information content (AvgIpc) is 2.27. The van der Waals surface area contributed by atoms with Crippen molar-refractivity contribution in [3.8, 4) is 12.3 Å². The first-order valence-electron chi connectivity index (χ1n) is 5.57. The largest absolute Gasteiger partial charge is 0.340 e. The fourth-order valence-corrected chi connectivity index (χ4v) is 2.15. The molecular formula is C12H18ClNO. The standard InChI is InChI=1S/C12H18ClNO/c1-2-12(8-4-3-5-9-12)14-11(15)7-6-10-13/h1H,3-10H2,(H,14,15). The minimum absolute atomic E-state index is 0.0375. The van der Waals surface area contributed by atoms with Crippen LogP contribution in [0.2, 0.25) is 0 Å². The van der Waals surface area contributed by atoms with E-state index >= 15 is 0 Å². The zero-order valence-electron chi connectivity index (χ0n) is 9.02. The van der Waals surface area contributed by atoms with Gasteiger partial charge in [-0.3, -0.25) is 4.79 Å². The first-order valence-corrected chi connectivity index (χ1v) is 6.11. The summed E-state index contributed by atoms with van der Waals surface area (Å²) in [6.45, 7) is 0. The Bertz CT molecular complexity index is 251. The van der Waals surface area contributed by atoms with Gasteiger partial charge in [0.2, 0.25) is 5.91 Å². The number of hydrogen-bond donors (Lipinski definition) is 1. The Hall–Kier alpha value is -0.680. The van der Waals surface area contributed by atoms with Crippen LogP contribution in [0, 0.1) is 12.3 Å². The van der Waals surface area contributed by atoms with E-state index in [1.807, 2.05) is 0 Å². The summed E-state index contributed by atoms with van der Waals surface area (Å²) in [6, 6.07) is 0. The Labute approximate surface area is 96.8 Å². The van der Waals surface area contributed by atoms with Crippen molar-refractivity contribution >= 4 is 17.5 Å². The van der Waals surface area contributed by atoms with Crippen LogP contribution in [-0.2, 0) is 4.79 Å². The minimum Gasteiger partial charge on any atom is -0.340 e. The first kappa shape index (κ1) is 12.4. The average molecular weight is 228 g/mol. The monoisotopic (exact) mass is 227 g/mol. The highest BCUT2D eigenvalue weighted by Crippen LogP contribution is 2.27. The molecule has 1 aliphatic carbocycles. The molecule has 0 heterocycles. The second-order valence-corrected chi connectivity index (χ2v) is 4.51. The molecule has 0 saturated heterocycles.